The van der Waals surface area contributed by atoms with Crippen LogP contribution in [0.1, 0.15) is 28.9 Å². The number of rotatable bonds is 4. The van der Waals surface area contributed by atoms with Gasteiger partial charge in [-0.25, -0.2) is 17.4 Å². The summed E-state index contributed by atoms with van der Waals surface area (Å²) in [5.41, 5.74) is -1.74. The van der Waals surface area contributed by atoms with Gasteiger partial charge in [0.1, 0.15) is 0 Å². The SMILES string of the molecule is CS(=O)(=O)N1CCC(NC(=O)c2cnn(-c3cccc(Cl)c3)c2C(F)(F)F)CC1. The molecule has 3 rings (SSSR count). The zero-order valence-electron chi connectivity index (χ0n) is 15.3. The number of sulfonamides is 1. The topological polar surface area (TPSA) is 84.3 Å². The second-order valence-corrected chi connectivity index (χ2v) is 9.12. The van der Waals surface area contributed by atoms with Crippen LogP contribution in [-0.4, -0.2) is 53.8 Å². The first-order chi connectivity index (χ1) is 13.5. The number of hydrogen-bond acceptors (Lipinski definition) is 4. The monoisotopic (exact) mass is 450 g/mol. The van der Waals surface area contributed by atoms with Crippen molar-refractivity contribution >= 4 is 27.5 Å². The van der Waals surface area contributed by atoms with Crippen molar-refractivity contribution in [1.82, 2.24) is 19.4 Å². The molecule has 2 heterocycles. The highest BCUT2D eigenvalue weighted by molar-refractivity contribution is 7.88. The van der Waals surface area contributed by atoms with Crippen molar-refractivity contribution in [2.45, 2.75) is 25.1 Å². The van der Waals surface area contributed by atoms with E-state index in [1.54, 1.807) is 0 Å². The van der Waals surface area contributed by atoms with Crippen molar-refractivity contribution in [3.8, 4) is 5.69 Å². The van der Waals surface area contributed by atoms with Gasteiger partial charge < -0.3 is 5.32 Å². The van der Waals surface area contributed by atoms with Crippen LogP contribution >= 0.6 is 11.6 Å². The molecule has 0 unspecified atom stereocenters. The van der Waals surface area contributed by atoms with Gasteiger partial charge in [0.2, 0.25) is 10.0 Å². The first-order valence-corrected chi connectivity index (χ1v) is 10.9. The lowest BCUT2D eigenvalue weighted by Crippen LogP contribution is -2.46. The Kier molecular flexibility index (Phi) is 5.93. The molecule has 158 valence electrons. The number of carbonyl (C=O) groups excluding carboxylic acids is 1. The van der Waals surface area contributed by atoms with E-state index < -0.39 is 39.4 Å². The fourth-order valence-corrected chi connectivity index (χ4v) is 4.24. The van der Waals surface area contributed by atoms with Gasteiger partial charge >= 0.3 is 6.18 Å². The largest absolute Gasteiger partial charge is 0.434 e. The van der Waals surface area contributed by atoms with E-state index in [4.69, 9.17) is 11.6 Å². The lowest BCUT2D eigenvalue weighted by Gasteiger charge is -2.30. The Bertz CT molecular complexity index is 1020. The Morgan fingerprint density at radius 3 is 2.48 bits per heavy atom. The summed E-state index contributed by atoms with van der Waals surface area (Å²) in [5, 5.41) is 6.53. The van der Waals surface area contributed by atoms with E-state index in [-0.39, 0.29) is 23.8 Å². The van der Waals surface area contributed by atoms with Crippen molar-refractivity contribution in [2.24, 2.45) is 0 Å². The first kappa shape index (κ1) is 21.6. The lowest BCUT2D eigenvalue weighted by atomic mass is 10.1. The number of alkyl halides is 3. The molecule has 1 N–H and O–H groups in total. The van der Waals surface area contributed by atoms with E-state index in [1.165, 1.54) is 28.6 Å². The number of hydrogen-bond donors (Lipinski definition) is 1. The molecule has 7 nitrogen and oxygen atoms in total. The highest BCUT2D eigenvalue weighted by Crippen LogP contribution is 2.34. The van der Waals surface area contributed by atoms with E-state index >= 15 is 0 Å². The summed E-state index contributed by atoms with van der Waals surface area (Å²) in [7, 11) is -3.34. The molecule has 1 aromatic heterocycles. The van der Waals surface area contributed by atoms with Crippen molar-refractivity contribution in [3.63, 3.8) is 0 Å². The molecule has 1 aliphatic heterocycles. The number of aromatic nitrogens is 2. The number of piperidine rings is 1. The van der Waals surface area contributed by atoms with Crippen molar-refractivity contribution in [3.05, 3.63) is 46.7 Å². The van der Waals surface area contributed by atoms with Crippen LogP contribution in [0.25, 0.3) is 5.69 Å². The third kappa shape index (κ3) is 4.90. The molecule has 0 saturated carbocycles. The van der Waals surface area contributed by atoms with Crippen LogP contribution in [0.3, 0.4) is 0 Å². The summed E-state index contributed by atoms with van der Waals surface area (Å²) >= 11 is 5.85. The maximum Gasteiger partial charge on any atom is 0.434 e. The number of nitrogens with one attached hydrogen (secondary N) is 1. The number of carbonyl (C=O) groups is 1. The first-order valence-electron chi connectivity index (χ1n) is 8.64. The molecule has 1 aliphatic rings. The van der Waals surface area contributed by atoms with Crippen molar-refractivity contribution < 1.29 is 26.4 Å². The quantitative estimate of drug-likeness (QED) is 0.776. The molecule has 1 fully saturated rings. The third-order valence-corrected chi connectivity index (χ3v) is 6.13. The average Bonchev–Trinajstić information content (AvgIpc) is 3.07. The predicted octanol–water partition coefficient (Wildman–Crippen LogP) is 2.70. The Morgan fingerprint density at radius 2 is 1.93 bits per heavy atom. The fourth-order valence-electron chi connectivity index (χ4n) is 3.19. The van der Waals surface area contributed by atoms with Crippen molar-refractivity contribution in [1.29, 1.82) is 0 Å². The summed E-state index contributed by atoms with van der Waals surface area (Å²) in [6.07, 6.45) is -2.26. The second-order valence-electron chi connectivity index (χ2n) is 6.71. The molecular weight excluding hydrogens is 433 g/mol. The molecule has 0 bridgehead atoms. The average molecular weight is 451 g/mol. The predicted molar refractivity (Wildman–Crippen MR) is 100 cm³/mol. The third-order valence-electron chi connectivity index (χ3n) is 4.59. The van der Waals surface area contributed by atoms with Crippen LogP contribution in [0.2, 0.25) is 5.02 Å². The van der Waals surface area contributed by atoms with Gasteiger partial charge in [0, 0.05) is 24.2 Å². The number of benzene rings is 1. The molecule has 0 aliphatic carbocycles. The van der Waals surface area contributed by atoms with Crippen LogP contribution in [-0.2, 0) is 16.2 Å². The summed E-state index contributed by atoms with van der Waals surface area (Å²) in [6, 6.07) is 5.27. The molecule has 0 atom stereocenters. The van der Waals surface area contributed by atoms with Crippen LogP contribution in [0, 0.1) is 0 Å². The van der Waals surface area contributed by atoms with Gasteiger partial charge in [-0.1, -0.05) is 17.7 Å². The molecule has 12 heteroatoms. The van der Waals surface area contributed by atoms with Gasteiger partial charge in [0.15, 0.2) is 5.69 Å². The fraction of sp³-hybridized carbons (Fsp3) is 0.412. The summed E-state index contributed by atoms with van der Waals surface area (Å²) in [5.74, 6) is -0.914. The van der Waals surface area contributed by atoms with Gasteiger partial charge in [0.05, 0.1) is 23.7 Å². The molecule has 0 radical (unpaired) electrons. The highest BCUT2D eigenvalue weighted by Gasteiger charge is 2.41. The smallest absolute Gasteiger partial charge is 0.349 e. The standard InChI is InChI=1S/C17H18ClF3N4O3S/c1-29(27,28)24-7-5-12(6-8-24)23-16(26)14-10-22-25(15(14)17(19,20)21)13-4-2-3-11(18)9-13/h2-4,9-10,12H,5-8H2,1H3,(H,23,26). The number of amides is 1. The van der Waals surface area contributed by atoms with Gasteiger partial charge in [-0.15, -0.1) is 0 Å². The zero-order chi connectivity index (χ0) is 21.4. The molecule has 1 aromatic carbocycles. The number of nitrogens with zero attached hydrogens (tertiary/aromatic N) is 3. The summed E-state index contributed by atoms with van der Waals surface area (Å²) in [6.45, 7) is 0.384. The molecular formula is C17H18ClF3N4O3S. The van der Waals surface area contributed by atoms with Crippen LogP contribution in [0.15, 0.2) is 30.5 Å². The van der Waals surface area contributed by atoms with E-state index in [2.05, 4.69) is 10.4 Å². The Morgan fingerprint density at radius 1 is 1.28 bits per heavy atom. The normalized spacial score (nSPS) is 16.7. The Balaban J connectivity index is 1.83. The molecule has 29 heavy (non-hydrogen) atoms. The lowest BCUT2D eigenvalue weighted by molar-refractivity contribution is -0.143. The maximum atomic E-state index is 13.7. The van der Waals surface area contributed by atoms with E-state index in [0.29, 0.717) is 17.5 Å². The maximum absolute atomic E-state index is 13.7. The van der Waals surface area contributed by atoms with Gasteiger partial charge in [0.25, 0.3) is 5.91 Å². The Hall–Kier alpha value is -2.11. The minimum Gasteiger partial charge on any atom is -0.349 e. The molecule has 2 aromatic rings. The molecule has 1 saturated heterocycles. The molecule has 1 amide bonds. The van der Waals surface area contributed by atoms with Gasteiger partial charge in [-0.3, -0.25) is 4.79 Å². The Labute approximate surface area is 170 Å². The minimum atomic E-state index is -4.83. The summed E-state index contributed by atoms with van der Waals surface area (Å²) in [4.78, 5) is 12.5. The second kappa shape index (κ2) is 7.96. The van der Waals surface area contributed by atoms with E-state index in [0.717, 1.165) is 12.5 Å². The van der Waals surface area contributed by atoms with Crippen molar-refractivity contribution in [2.75, 3.05) is 19.3 Å². The van der Waals surface area contributed by atoms with Crippen LogP contribution in [0.5, 0.6) is 0 Å². The van der Waals surface area contributed by atoms with E-state index in [9.17, 15) is 26.4 Å². The minimum absolute atomic E-state index is 0.0744. The zero-order valence-corrected chi connectivity index (χ0v) is 16.9. The molecule has 0 spiro atoms. The van der Waals surface area contributed by atoms with E-state index in [1.807, 2.05) is 0 Å². The van der Waals surface area contributed by atoms with Gasteiger partial charge in [-0.05, 0) is 31.0 Å². The van der Waals surface area contributed by atoms with Crippen LogP contribution in [0.4, 0.5) is 13.2 Å². The number of halogens is 4. The summed E-state index contributed by atoms with van der Waals surface area (Å²) < 4.78 is 66.1. The highest BCUT2D eigenvalue weighted by atomic mass is 35.5. The van der Waals surface area contributed by atoms with Crippen LogP contribution < -0.4 is 5.32 Å². The van der Waals surface area contributed by atoms with Gasteiger partial charge in [-0.2, -0.15) is 18.3 Å².